The van der Waals surface area contributed by atoms with Crippen LogP contribution in [0.1, 0.15) is 40.4 Å². The third-order valence-corrected chi connectivity index (χ3v) is 5.69. The fraction of sp³-hybridized carbons (Fsp3) is 0.208. The Morgan fingerprint density at radius 2 is 1.50 bits per heavy atom. The SMILES string of the molecule is CS(=O)c1ccc(C(=O)NC(CCCc2ccccc2)c2ccccc2)cc1. The van der Waals surface area contributed by atoms with E-state index in [1.54, 1.807) is 30.5 Å². The van der Waals surface area contributed by atoms with Crippen LogP contribution in [0.2, 0.25) is 0 Å². The summed E-state index contributed by atoms with van der Waals surface area (Å²) in [5.74, 6) is -0.109. The van der Waals surface area contributed by atoms with Crippen LogP contribution in [0.3, 0.4) is 0 Å². The van der Waals surface area contributed by atoms with Crippen LogP contribution in [0.5, 0.6) is 0 Å². The van der Waals surface area contributed by atoms with Crippen molar-refractivity contribution in [2.24, 2.45) is 0 Å². The first-order chi connectivity index (χ1) is 13.6. The third kappa shape index (κ3) is 5.64. The predicted molar refractivity (Wildman–Crippen MR) is 115 cm³/mol. The van der Waals surface area contributed by atoms with Gasteiger partial charge in [0.05, 0.1) is 6.04 Å². The molecule has 0 radical (unpaired) electrons. The van der Waals surface area contributed by atoms with Crippen LogP contribution in [0.15, 0.2) is 89.8 Å². The molecule has 3 aromatic rings. The van der Waals surface area contributed by atoms with E-state index >= 15 is 0 Å². The Labute approximate surface area is 169 Å². The summed E-state index contributed by atoms with van der Waals surface area (Å²) < 4.78 is 11.5. The minimum Gasteiger partial charge on any atom is -0.345 e. The highest BCUT2D eigenvalue weighted by molar-refractivity contribution is 7.84. The van der Waals surface area contributed by atoms with Crippen molar-refractivity contribution in [2.75, 3.05) is 6.26 Å². The summed E-state index contributed by atoms with van der Waals surface area (Å²) in [5, 5.41) is 3.17. The zero-order valence-corrected chi connectivity index (χ0v) is 16.8. The molecule has 0 aliphatic rings. The van der Waals surface area contributed by atoms with Gasteiger partial charge >= 0.3 is 0 Å². The van der Waals surface area contributed by atoms with Crippen molar-refractivity contribution < 1.29 is 9.00 Å². The molecule has 0 heterocycles. The van der Waals surface area contributed by atoms with Crippen molar-refractivity contribution >= 4 is 16.7 Å². The van der Waals surface area contributed by atoms with Crippen LogP contribution < -0.4 is 5.32 Å². The summed E-state index contributed by atoms with van der Waals surface area (Å²) in [4.78, 5) is 13.5. The minimum absolute atomic E-state index is 0.0441. The van der Waals surface area contributed by atoms with Crippen LogP contribution in [0.25, 0.3) is 0 Å². The quantitative estimate of drug-likeness (QED) is 0.592. The molecule has 2 unspecified atom stereocenters. The molecular weight excluding hydrogens is 366 g/mol. The molecule has 0 saturated heterocycles. The Hall–Kier alpha value is -2.72. The predicted octanol–water partition coefficient (Wildman–Crippen LogP) is 4.92. The van der Waals surface area contributed by atoms with Crippen molar-refractivity contribution in [3.8, 4) is 0 Å². The van der Waals surface area contributed by atoms with Gasteiger partial charge in [0, 0.05) is 27.5 Å². The molecule has 0 aliphatic carbocycles. The fourth-order valence-corrected chi connectivity index (χ4v) is 3.72. The summed E-state index contributed by atoms with van der Waals surface area (Å²) in [6, 6.07) is 27.4. The largest absolute Gasteiger partial charge is 0.345 e. The first-order valence-electron chi connectivity index (χ1n) is 9.47. The molecule has 3 nitrogen and oxygen atoms in total. The lowest BCUT2D eigenvalue weighted by Gasteiger charge is -2.19. The van der Waals surface area contributed by atoms with Gasteiger partial charge in [-0.25, -0.2) is 0 Å². The normalized spacial score (nSPS) is 12.9. The van der Waals surface area contributed by atoms with E-state index in [0.29, 0.717) is 5.56 Å². The van der Waals surface area contributed by atoms with E-state index in [9.17, 15) is 9.00 Å². The number of rotatable bonds is 8. The number of carbonyl (C=O) groups excluding carboxylic acids is 1. The summed E-state index contributed by atoms with van der Waals surface area (Å²) in [6.07, 6.45) is 4.46. The second kappa shape index (κ2) is 10.00. The molecular formula is C24H25NO2S. The van der Waals surface area contributed by atoms with Gasteiger partial charge in [-0.2, -0.15) is 0 Å². The van der Waals surface area contributed by atoms with Crippen molar-refractivity contribution in [3.05, 3.63) is 102 Å². The molecule has 0 aliphatic heterocycles. The maximum absolute atomic E-state index is 12.8. The smallest absolute Gasteiger partial charge is 0.251 e. The summed E-state index contributed by atoms with van der Waals surface area (Å²) in [7, 11) is -1.05. The topological polar surface area (TPSA) is 46.2 Å². The van der Waals surface area contributed by atoms with E-state index in [-0.39, 0.29) is 11.9 Å². The Kier molecular flexibility index (Phi) is 7.15. The molecule has 4 heteroatoms. The Morgan fingerprint density at radius 3 is 2.11 bits per heavy atom. The van der Waals surface area contributed by atoms with E-state index in [0.717, 1.165) is 29.7 Å². The number of carbonyl (C=O) groups is 1. The number of nitrogens with one attached hydrogen (secondary N) is 1. The van der Waals surface area contributed by atoms with Crippen LogP contribution >= 0.6 is 0 Å². The van der Waals surface area contributed by atoms with Crippen LogP contribution in [0.4, 0.5) is 0 Å². The van der Waals surface area contributed by atoms with E-state index in [4.69, 9.17) is 0 Å². The first kappa shape index (κ1) is 20.0. The van der Waals surface area contributed by atoms with Gasteiger partial charge in [0.2, 0.25) is 0 Å². The maximum Gasteiger partial charge on any atom is 0.251 e. The highest BCUT2D eigenvalue weighted by Gasteiger charge is 2.16. The van der Waals surface area contributed by atoms with E-state index in [1.165, 1.54) is 5.56 Å². The van der Waals surface area contributed by atoms with Gasteiger partial charge in [0.1, 0.15) is 0 Å². The van der Waals surface area contributed by atoms with Gasteiger partial charge in [-0.3, -0.25) is 9.00 Å². The molecule has 0 saturated carbocycles. The van der Waals surface area contributed by atoms with Gasteiger partial charge in [-0.15, -0.1) is 0 Å². The third-order valence-electron chi connectivity index (χ3n) is 4.76. The molecule has 28 heavy (non-hydrogen) atoms. The number of aryl methyl sites for hydroxylation is 1. The first-order valence-corrected chi connectivity index (χ1v) is 11.0. The standard InChI is InChI=1S/C24H25NO2S/c1-28(27)22-17-15-21(16-18-22)24(26)25-23(20-12-6-3-7-13-20)14-8-11-19-9-4-2-5-10-19/h2-7,9-10,12-13,15-18,23H,8,11,14H2,1H3,(H,25,26). The average Bonchev–Trinajstić information content (AvgIpc) is 2.74. The molecule has 0 aromatic heterocycles. The molecule has 1 amide bonds. The zero-order valence-electron chi connectivity index (χ0n) is 16.0. The number of hydrogen-bond acceptors (Lipinski definition) is 2. The second-order valence-corrected chi connectivity index (χ2v) is 8.17. The van der Waals surface area contributed by atoms with E-state index in [2.05, 4.69) is 41.7 Å². The Balaban J connectivity index is 1.68. The summed E-state index contributed by atoms with van der Waals surface area (Å²) >= 11 is 0. The molecule has 0 spiro atoms. The van der Waals surface area contributed by atoms with Crippen molar-refractivity contribution in [3.63, 3.8) is 0 Å². The lowest BCUT2D eigenvalue weighted by atomic mass is 9.98. The second-order valence-electron chi connectivity index (χ2n) is 6.79. The van der Waals surface area contributed by atoms with Crippen molar-refractivity contribution in [1.29, 1.82) is 0 Å². The fourth-order valence-electron chi connectivity index (χ4n) is 3.20. The van der Waals surface area contributed by atoms with Crippen LogP contribution in [0, 0.1) is 0 Å². The molecule has 144 valence electrons. The monoisotopic (exact) mass is 391 g/mol. The molecule has 0 fully saturated rings. The summed E-state index contributed by atoms with van der Waals surface area (Å²) in [5.41, 5.74) is 3.00. The highest BCUT2D eigenvalue weighted by Crippen LogP contribution is 2.21. The lowest BCUT2D eigenvalue weighted by molar-refractivity contribution is 0.0934. The average molecular weight is 392 g/mol. The number of hydrogen-bond donors (Lipinski definition) is 1. The molecule has 3 rings (SSSR count). The van der Waals surface area contributed by atoms with Gasteiger partial charge in [-0.05, 0) is 54.7 Å². The zero-order chi connectivity index (χ0) is 19.8. The van der Waals surface area contributed by atoms with Gasteiger partial charge in [0.25, 0.3) is 5.91 Å². The number of amides is 1. The molecule has 1 N–H and O–H groups in total. The van der Waals surface area contributed by atoms with E-state index in [1.807, 2.05) is 24.3 Å². The highest BCUT2D eigenvalue weighted by atomic mass is 32.2. The molecule has 3 aromatic carbocycles. The summed E-state index contributed by atoms with van der Waals surface area (Å²) in [6.45, 7) is 0. The van der Waals surface area contributed by atoms with Crippen molar-refractivity contribution in [1.82, 2.24) is 5.32 Å². The van der Waals surface area contributed by atoms with Crippen LogP contribution in [-0.2, 0) is 17.2 Å². The van der Waals surface area contributed by atoms with Gasteiger partial charge < -0.3 is 5.32 Å². The maximum atomic E-state index is 12.8. The van der Waals surface area contributed by atoms with Crippen molar-refractivity contribution in [2.45, 2.75) is 30.2 Å². The number of benzene rings is 3. The molecule has 0 bridgehead atoms. The Morgan fingerprint density at radius 1 is 0.893 bits per heavy atom. The van der Waals surface area contributed by atoms with Gasteiger partial charge in [0.15, 0.2) is 0 Å². The lowest BCUT2D eigenvalue weighted by Crippen LogP contribution is -2.28. The Bertz CT molecular complexity index is 908. The van der Waals surface area contributed by atoms with Gasteiger partial charge in [-0.1, -0.05) is 60.7 Å². The van der Waals surface area contributed by atoms with E-state index < -0.39 is 10.8 Å². The van der Waals surface area contributed by atoms with Crippen LogP contribution in [-0.4, -0.2) is 16.4 Å². The molecule has 2 atom stereocenters. The minimum atomic E-state index is -1.05.